The smallest absolute Gasteiger partial charge is 0.150 e. The molecule has 0 spiro atoms. The summed E-state index contributed by atoms with van der Waals surface area (Å²) in [7, 11) is 0. The van der Waals surface area contributed by atoms with Crippen LogP contribution in [0, 0.1) is 0 Å². The summed E-state index contributed by atoms with van der Waals surface area (Å²) in [5.74, 6) is 0.644. The van der Waals surface area contributed by atoms with Gasteiger partial charge in [0.1, 0.15) is 23.9 Å². The van der Waals surface area contributed by atoms with Gasteiger partial charge in [-0.05, 0) is 24.3 Å². The Bertz CT molecular complexity index is 461. The van der Waals surface area contributed by atoms with E-state index in [1.165, 1.54) is 0 Å². The molecule has 0 radical (unpaired) electrons. The van der Waals surface area contributed by atoms with Gasteiger partial charge in [-0.2, -0.15) is 0 Å². The maximum Gasteiger partial charge on any atom is 0.150 e. The second-order valence-corrected chi connectivity index (χ2v) is 4.42. The summed E-state index contributed by atoms with van der Waals surface area (Å²) >= 11 is 0. The molecule has 5 nitrogen and oxygen atoms in total. The van der Waals surface area contributed by atoms with Crippen molar-refractivity contribution in [2.45, 2.75) is 6.10 Å². The predicted octanol–water partition coefficient (Wildman–Crippen LogP) is 1.96. The highest BCUT2D eigenvalue weighted by Crippen LogP contribution is 2.03. The molecule has 2 aromatic carbocycles. The van der Waals surface area contributed by atoms with Crippen LogP contribution in [0.25, 0.3) is 0 Å². The number of nitrogens with one attached hydrogen (secondary N) is 1. The molecule has 1 unspecified atom stereocenters. The van der Waals surface area contributed by atoms with Gasteiger partial charge in [-0.1, -0.05) is 36.4 Å². The van der Waals surface area contributed by atoms with Crippen LogP contribution in [-0.2, 0) is 9.53 Å². The predicted molar refractivity (Wildman–Crippen MR) is 84.9 cm³/mol. The number of benzene rings is 2. The molecular formula is C17H21NO4. The molecule has 1 fully saturated rings. The molecule has 0 aromatic heterocycles. The van der Waals surface area contributed by atoms with Gasteiger partial charge < -0.3 is 25.1 Å². The average molecular weight is 303 g/mol. The first-order chi connectivity index (χ1) is 10.7. The number of hydrogen-bond acceptors (Lipinski definition) is 5. The van der Waals surface area contributed by atoms with Gasteiger partial charge in [-0.15, -0.1) is 0 Å². The second kappa shape index (κ2) is 11.3. The van der Waals surface area contributed by atoms with E-state index >= 15 is 0 Å². The normalized spacial score (nSPS) is 16.3. The molecule has 1 atom stereocenters. The maximum absolute atomic E-state index is 9.99. The first kappa shape index (κ1) is 17.7. The molecule has 1 aliphatic rings. The highest BCUT2D eigenvalue weighted by atomic mass is 16.5. The Morgan fingerprint density at radius 2 is 1.45 bits per heavy atom. The zero-order valence-electron chi connectivity index (χ0n) is 12.3. The lowest BCUT2D eigenvalue weighted by molar-refractivity contribution is -0.119. The molecule has 5 heteroatoms. The molecule has 118 valence electrons. The zero-order chi connectivity index (χ0) is 16.0. The van der Waals surface area contributed by atoms with Crippen LogP contribution in [0.4, 0.5) is 0 Å². The lowest BCUT2D eigenvalue weighted by Crippen LogP contribution is -2.39. The third-order valence-corrected chi connectivity index (χ3v) is 2.62. The van der Waals surface area contributed by atoms with Gasteiger partial charge in [0.15, 0.2) is 0 Å². The molecule has 0 amide bonds. The quantitative estimate of drug-likeness (QED) is 0.702. The number of hydrogen-bond donors (Lipinski definition) is 3. The summed E-state index contributed by atoms with van der Waals surface area (Å²) in [6.45, 7) is 2.19. The fourth-order valence-corrected chi connectivity index (χ4v) is 1.53. The Labute approximate surface area is 130 Å². The topological polar surface area (TPSA) is 78.8 Å². The van der Waals surface area contributed by atoms with Gasteiger partial charge in [0.2, 0.25) is 0 Å². The minimum atomic E-state index is -0.205. The van der Waals surface area contributed by atoms with Gasteiger partial charge >= 0.3 is 0 Å². The van der Waals surface area contributed by atoms with Crippen LogP contribution in [0.15, 0.2) is 60.7 Å². The van der Waals surface area contributed by atoms with E-state index in [1.807, 2.05) is 12.1 Å². The Hall–Kier alpha value is -2.37. The second-order valence-electron chi connectivity index (χ2n) is 4.42. The minimum Gasteiger partial charge on any atom is -0.508 e. The van der Waals surface area contributed by atoms with E-state index < -0.39 is 0 Å². The molecule has 1 heterocycles. The molecular weight excluding hydrogens is 282 g/mol. The molecule has 1 saturated heterocycles. The number of ether oxygens (including phenoxy) is 1. The number of para-hydroxylation sites is 2. The van der Waals surface area contributed by atoms with Crippen molar-refractivity contribution in [1.29, 1.82) is 0 Å². The van der Waals surface area contributed by atoms with Crippen molar-refractivity contribution in [2.75, 3.05) is 19.7 Å². The van der Waals surface area contributed by atoms with Crippen LogP contribution >= 0.6 is 0 Å². The fraction of sp³-hybridized carbons (Fsp3) is 0.235. The Morgan fingerprint density at radius 1 is 0.955 bits per heavy atom. The highest BCUT2D eigenvalue weighted by molar-refractivity contribution is 5.56. The number of aromatic hydroxyl groups is 2. The molecule has 3 rings (SSSR count). The molecule has 0 saturated carbocycles. The molecule has 1 aliphatic heterocycles. The standard InChI is InChI=1S/2C6H6O.C5H9NO2/c2*7-6-4-2-1-3-5-6;7-4-5-3-6-1-2-8-5/h2*1-5,7H;4-6H,1-3H2. The van der Waals surface area contributed by atoms with Crippen LogP contribution < -0.4 is 5.32 Å². The monoisotopic (exact) mass is 303 g/mol. The van der Waals surface area contributed by atoms with Gasteiger partial charge in [-0.25, -0.2) is 0 Å². The van der Waals surface area contributed by atoms with Crippen LogP contribution in [0.5, 0.6) is 11.5 Å². The zero-order valence-corrected chi connectivity index (χ0v) is 12.3. The lowest BCUT2D eigenvalue weighted by Gasteiger charge is -2.17. The number of rotatable bonds is 1. The van der Waals surface area contributed by atoms with Gasteiger partial charge in [0.25, 0.3) is 0 Å². The maximum atomic E-state index is 9.99. The Balaban J connectivity index is 0.000000166. The number of carbonyl (C=O) groups is 1. The molecule has 22 heavy (non-hydrogen) atoms. The van der Waals surface area contributed by atoms with Crippen molar-refractivity contribution in [2.24, 2.45) is 0 Å². The summed E-state index contributed by atoms with van der Waals surface area (Å²) in [6, 6.07) is 17.4. The van der Waals surface area contributed by atoms with Crippen molar-refractivity contribution in [1.82, 2.24) is 5.32 Å². The molecule has 2 aromatic rings. The first-order valence-corrected chi connectivity index (χ1v) is 6.98. The van der Waals surface area contributed by atoms with Gasteiger partial charge in [0.05, 0.1) is 6.61 Å². The minimum absolute atomic E-state index is 0.205. The number of phenolic OH excluding ortho intramolecular Hbond substituents is 2. The summed E-state index contributed by atoms with van der Waals surface area (Å²) in [4.78, 5) is 9.99. The number of aldehydes is 1. The van der Waals surface area contributed by atoms with Crippen molar-refractivity contribution in [3.8, 4) is 11.5 Å². The van der Waals surface area contributed by atoms with Crippen LogP contribution in [0.1, 0.15) is 0 Å². The van der Waals surface area contributed by atoms with E-state index in [2.05, 4.69) is 5.32 Å². The average Bonchev–Trinajstić information content (AvgIpc) is 2.58. The van der Waals surface area contributed by atoms with Crippen molar-refractivity contribution in [3.63, 3.8) is 0 Å². The summed E-state index contributed by atoms with van der Waals surface area (Å²) in [5.41, 5.74) is 0. The van der Waals surface area contributed by atoms with E-state index in [1.54, 1.807) is 48.5 Å². The Morgan fingerprint density at radius 3 is 1.68 bits per heavy atom. The summed E-state index contributed by atoms with van der Waals surface area (Å²) in [6.07, 6.45) is 0.621. The van der Waals surface area contributed by atoms with Crippen LogP contribution in [-0.4, -0.2) is 42.3 Å². The highest BCUT2D eigenvalue weighted by Gasteiger charge is 2.09. The van der Waals surface area contributed by atoms with E-state index in [0.29, 0.717) is 24.7 Å². The van der Waals surface area contributed by atoms with Crippen molar-refractivity contribution < 1.29 is 19.7 Å². The van der Waals surface area contributed by atoms with Crippen LogP contribution in [0.3, 0.4) is 0 Å². The summed E-state index contributed by atoms with van der Waals surface area (Å²) in [5, 5.41) is 20.3. The van der Waals surface area contributed by atoms with E-state index in [-0.39, 0.29) is 6.10 Å². The van der Waals surface area contributed by atoms with Gasteiger partial charge in [-0.3, -0.25) is 0 Å². The number of phenols is 2. The lowest BCUT2D eigenvalue weighted by atomic mass is 10.3. The largest absolute Gasteiger partial charge is 0.508 e. The first-order valence-electron chi connectivity index (χ1n) is 6.98. The molecule has 3 N–H and O–H groups in total. The number of carbonyl (C=O) groups excluding carboxylic acids is 1. The van der Waals surface area contributed by atoms with E-state index in [9.17, 15) is 4.79 Å². The fourth-order valence-electron chi connectivity index (χ4n) is 1.53. The Kier molecular flexibility index (Phi) is 9.09. The van der Waals surface area contributed by atoms with E-state index in [4.69, 9.17) is 14.9 Å². The third kappa shape index (κ3) is 8.73. The summed E-state index contributed by atoms with van der Waals surface area (Å²) < 4.78 is 5.00. The van der Waals surface area contributed by atoms with E-state index in [0.717, 1.165) is 12.8 Å². The van der Waals surface area contributed by atoms with Crippen LogP contribution in [0.2, 0.25) is 0 Å². The molecule has 0 aliphatic carbocycles. The van der Waals surface area contributed by atoms with Gasteiger partial charge in [0, 0.05) is 13.1 Å². The molecule has 0 bridgehead atoms. The van der Waals surface area contributed by atoms with Crippen molar-refractivity contribution in [3.05, 3.63) is 60.7 Å². The number of morpholine rings is 1. The van der Waals surface area contributed by atoms with Crippen molar-refractivity contribution >= 4 is 6.29 Å². The third-order valence-electron chi connectivity index (χ3n) is 2.62. The SMILES string of the molecule is O=CC1CNCCO1.Oc1ccccc1.Oc1ccccc1.